The molecule has 1 aromatic rings. The molecule has 1 unspecified atom stereocenters. The van der Waals surface area contributed by atoms with Crippen molar-refractivity contribution in [3.05, 3.63) is 18.3 Å². The van der Waals surface area contributed by atoms with Crippen molar-refractivity contribution in [3.8, 4) is 5.75 Å². The highest BCUT2D eigenvalue weighted by Gasteiger charge is 2.26. The van der Waals surface area contributed by atoms with Gasteiger partial charge >= 0.3 is 5.97 Å². The average molecular weight is 392 g/mol. The molecule has 0 bridgehead atoms. The van der Waals surface area contributed by atoms with Gasteiger partial charge in [-0.1, -0.05) is 46.0 Å². The van der Waals surface area contributed by atoms with E-state index in [0.29, 0.717) is 12.6 Å². The first kappa shape index (κ1) is 22.5. The lowest BCUT2D eigenvalue weighted by Crippen LogP contribution is -2.53. The lowest BCUT2D eigenvalue weighted by Gasteiger charge is -2.41. The molecular formula is C22H37N3O3. The quantitative estimate of drug-likeness (QED) is 0.509. The summed E-state index contributed by atoms with van der Waals surface area (Å²) in [6.45, 7) is 8.44. The van der Waals surface area contributed by atoms with Crippen molar-refractivity contribution in [3.63, 3.8) is 0 Å². The third-order valence-corrected chi connectivity index (χ3v) is 5.46. The second-order valence-corrected chi connectivity index (χ2v) is 7.67. The van der Waals surface area contributed by atoms with Gasteiger partial charge in [0.1, 0.15) is 11.6 Å². The summed E-state index contributed by atoms with van der Waals surface area (Å²) < 4.78 is 5.83. The van der Waals surface area contributed by atoms with Crippen LogP contribution in [0.5, 0.6) is 5.75 Å². The maximum absolute atomic E-state index is 10.8. The Hall–Kier alpha value is -1.82. The molecular weight excluding hydrogens is 354 g/mol. The highest BCUT2D eigenvalue weighted by Crippen LogP contribution is 2.22. The maximum atomic E-state index is 10.8. The van der Waals surface area contributed by atoms with Crippen LogP contribution in [-0.2, 0) is 4.79 Å². The molecule has 0 saturated carbocycles. The maximum Gasteiger partial charge on any atom is 0.304 e. The summed E-state index contributed by atoms with van der Waals surface area (Å²) in [6.07, 6.45) is 10.6. The van der Waals surface area contributed by atoms with E-state index < -0.39 is 5.97 Å². The summed E-state index contributed by atoms with van der Waals surface area (Å²) in [4.78, 5) is 20.0. The number of ether oxygens (including phenoxy) is 1. The predicted octanol–water partition coefficient (Wildman–Crippen LogP) is 4.20. The van der Waals surface area contributed by atoms with Gasteiger partial charge in [0.05, 0.1) is 19.2 Å². The van der Waals surface area contributed by atoms with Crippen LogP contribution in [0.25, 0.3) is 0 Å². The Labute approximate surface area is 169 Å². The molecule has 0 spiro atoms. The number of nitrogens with zero attached hydrogens (tertiary/aromatic N) is 3. The van der Waals surface area contributed by atoms with Crippen LogP contribution in [0.4, 0.5) is 5.82 Å². The summed E-state index contributed by atoms with van der Waals surface area (Å²) >= 11 is 0. The topological polar surface area (TPSA) is 65.9 Å². The molecule has 0 amide bonds. The summed E-state index contributed by atoms with van der Waals surface area (Å²) in [5.74, 6) is 1.09. The van der Waals surface area contributed by atoms with E-state index in [1.165, 1.54) is 32.1 Å². The fraction of sp³-hybridized carbons (Fsp3) is 0.727. The largest absolute Gasteiger partial charge is 0.492 e. The molecule has 0 aromatic carbocycles. The van der Waals surface area contributed by atoms with Crippen LogP contribution in [0.1, 0.15) is 65.2 Å². The molecule has 28 heavy (non-hydrogen) atoms. The molecule has 1 fully saturated rings. The highest BCUT2D eigenvalue weighted by molar-refractivity contribution is 5.66. The van der Waals surface area contributed by atoms with Gasteiger partial charge in [-0.2, -0.15) is 0 Å². The fourth-order valence-electron chi connectivity index (χ4n) is 3.73. The third kappa shape index (κ3) is 7.66. The van der Waals surface area contributed by atoms with E-state index in [0.717, 1.165) is 50.7 Å². The molecule has 1 aromatic heterocycles. The zero-order valence-corrected chi connectivity index (χ0v) is 17.6. The second-order valence-electron chi connectivity index (χ2n) is 7.67. The van der Waals surface area contributed by atoms with E-state index in [-0.39, 0.29) is 6.42 Å². The zero-order chi connectivity index (χ0) is 20.2. The number of carboxylic acid groups (broad SMARTS) is 1. The highest BCUT2D eigenvalue weighted by atomic mass is 16.5. The average Bonchev–Trinajstić information content (AvgIpc) is 2.72. The van der Waals surface area contributed by atoms with Gasteiger partial charge in [-0.05, 0) is 25.0 Å². The van der Waals surface area contributed by atoms with Crippen molar-refractivity contribution in [1.29, 1.82) is 0 Å². The first-order chi connectivity index (χ1) is 13.6. The minimum atomic E-state index is -0.728. The zero-order valence-electron chi connectivity index (χ0n) is 17.6. The Morgan fingerprint density at radius 1 is 1.18 bits per heavy atom. The standard InChI is InChI=1S/C22H37N3O3/c1-3-5-6-7-8-9-16-28-20-10-11-21(23-17-20)25-15-14-24(13-12-22(26)27)18-19(25)4-2/h10-11,17,19H,3-9,12-16,18H2,1-2H3,(H,26,27). The van der Waals surface area contributed by atoms with Crippen molar-refractivity contribution in [2.24, 2.45) is 0 Å². The number of anilines is 1. The first-order valence-electron chi connectivity index (χ1n) is 10.9. The first-order valence-corrected chi connectivity index (χ1v) is 10.9. The van der Waals surface area contributed by atoms with Crippen LogP contribution in [0.2, 0.25) is 0 Å². The SMILES string of the molecule is CCCCCCCCOc1ccc(N2CCN(CCC(=O)O)CC2CC)nc1. The van der Waals surface area contributed by atoms with Gasteiger partial charge in [0, 0.05) is 32.2 Å². The van der Waals surface area contributed by atoms with Crippen LogP contribution in [0.15, 0.2) is 18.3 Å². The van der Waals surface area contributed by atoms with Gasteiger partial charge in [0.25, 0.3) is 0 Å². The van der Waals surface area contributed by atoms with Crippen molar-refractivity contribution in [1.82, 2.24) is 9.88 Å². The summed E-state index contributed by atoms with van der Waals surface area (Å²) in [5, 5.41) is 8.89. The monoisotopic (exact) mass is 391 g/mol. The lowest BCUT2D eigenvalue weighted by atomic mass is 10.1. The Kier molecular flexibility index (Phi) is 10.1. The van der Waals surface area contributed by atoms with Gasteiger partial charge in [-0.3, -0.25) is 9.69 Å². The van der Waals surface area contributed by atoms with E-state index in [1.54, 1.807) is 0 Å². The van der Waals surface area contributed by atoms with Crippen LogP contribution < -0.4 is 9.64 Å². The summed E-state index contributed by atoms with van der Waals surface area (Å²) in [5.41, 5.74) is 0. The van der Waals surface area contributed by atoms with Crippen molar-refractivity contribution in [2.45, 2.75) is 71.3 Å². The molecule has 1 saturated heterocycles. The van der Waals surface area contributed by atoms with E-state index in [4.69, 9.17) is 9.84 Å². The van der Waals surface area contributed by atoms with Gasteiger partial charge < -0.3 is 14.7 Å². The number of aromatic nitrogens is 1. The smallest absolute Gasteiger partial charge is 0.304 e. The van der Waals surface area contributed by atoms with E-state index in [1.807, 2.05) is 18.3 Å². The Bertz CT molecular complexity index is 565. The molecule has 0 aliphatic carbocycles. The third-order valence-electron chi connectivity index (χ3n) is 5.46. The Balaban J connectivity index is 1.76. The lowest BCUT2D eigenvalue weighted by molar-refractivity contribution is -0.137. The molecule has 2 rings (SSSR count). The number of piperazine rings is 1. The molecule has 1 atom stereocenters. The van der Waals surface area contributed by atoms with Crippen LogP contribution >= 0.6 is 0 Å². The number of unbranched alkanes of at least 4 members (excludes halogenated alkanes) is 5. The minimum Gasteiger partial charge on any atom is -0.492 e. The number of rotatable bonds is 13. The molecule has 1 aliphatic rings. The number of pyridine rings is 1. The van der Waals surface area contributed by atoms with Gasteiger partial charge in [0.15, 0.2) is 0 Å². The normalized spacial score (nSPS) is 17.6. The molecule has 0 radical (unpaired) electrons. The molecule has 6 heteroatoms. The number of aliphatic carboxylic acids is 1. The predicted molar refractivity (Wildman–Crippen MR) is 113 cm³/mol. The van der Waals surface area contributed by atoms with E-state index >= 15 is 0 Å². The van der Waals surface area contributed by atoms with Crippen molar-refractivity contribution >= 4 is 11.8 Å². The Morgan fingerprint density at radius 3 is 2.64 bits per heavy atom. The molecule has 158 valence electrons. The molecule has 1 N–H and O–H groups in total. The van der Waals surface area contributed by atoms with Crippen LogP contribution in [0, 0.1) is 0 Å². The van der Waals surface area contributed by atoms with Gasteiger partial charge in [-0.25, -0.2) is 4.98 Å². The number of carboxylic acids is 1. The van der Waals surface area contributed by atoms with Gasteiger partial charge in [0.2, 0.25) is 0 Å². The fourth-order valence-corrected chi connectivity index (χ4v) is 3.73. The molecule has 1 aliphatic heterocycles. The number of hydrogen-bond acceptors (Lipinski definition) is 5. The second kappa shape index (κ2) is 12.6. The molecule has 6 nitrogen and oxygen atoms in total. The van der Waals surface area contributed by atoms with Crippen molar-refractivity contribution in [2.75, 3.05) is 37.7 Å². The van der Waals surface area contributed by atoms with Crippen LogP contribution in [-0.4, -0.2) is 59.8 Å². The van der Waals surface area contributed by atoms with Gasteiger partial charge in [-0.15, -0.1) is 0 Å². The number of hydrogen-bond donors (Lipinski definition) is 1. The van der Waals surface area contributed by atoms with Crippen molar-refractivity contribution < 1.29 is 14.6 Å². The summed E-state index contributed by atoms with van der Waals surface area (Å²) in [6, 6.07) is 4.43. The summed E-state index contributed by atoms with van der Waals surface area (Å²) in [7, 11) is 0. The van der Waals surface area contributed by atoms with E-state index in [9.17, 15) is 4.79 Å². The minimum absolute atomic E-state index is 0.208. The Morgan fingerprint density at radius 2 is 1.96 bits per heavy atom. The number of carbonyl (C=O) groups is 1. The van der Waals surface area contributed by atoms with Crippen LogP contribution in [0.3, 0.4) is 0 Å². The molecule has 2 heterocycles. The van der Waals surface area contributed by atoms with E-state index in [2.05, 4.69) is 28.6 Å².